The lowest BCUT2D eigenvalue weighted by molar-refractivity contribution is 0.116. The molecule has 0 aliphatic rings. The summed E-state index contributed by atoms with van der Waals surface area (Å²) in [6.45, 7) is 1.80. The Morgan fingerprint density at radius 1 is 1.59 bits per heavy atom. The van der Waals surface area contributed by atoms with E-state index in [1.807, 2.05) is 24.4 Å². The van der Waals surface area contributed by atoms with Gasteiger partial charge in [0.15, 0.2) is 0 Å². The molecule has 1 heterocycles. The first-order valence-corrected chi connectivity index (χ1v) is 5.65. The second-order valence-electron chi connectivity index (χ2n) is 3.96. The van der Waals surface area contributed by atoms with Gasteiger partial charge in [-0.3, -0.25) is 0 Å². The van der Waals surface area contributed by atoms with Crippen molar-refractivity contribution in [1.29, 1.82) is 0 Å². The highest BCUT2D eigenvalue weighted by Crippen LogP contribution is 2.23. The molecule has 5 heteroatoms. The van der Waals surface area contributed by atoms with Gasteiger partial charge in [0, 0.05) is 28.5 Å². The van der Waals surface area contributed by atoms with Gasteiger partial charge >= 0.3 is 6.09 Å². The number of rotatable bonds is 3. The molecule has 0 radical (unpaired) electrons. The number of hydrogen-bond acceptors (Lipinski definition) is 2. The van der Waals surface area contributed by atoms with Gasteiger partial charge < -0.3 is 15.5 Å². The maximum absolute atomic E-state index is 10.6. The fourth-order valence-electron chi connectivity index (χ4n) is 1.87. The SMILES string of the molecule is C[C@@H](Cc1c[nH]c2ccc(Cl)cc12)OC(N)=O. The van der Waals surface area contributed by atoms with Crippen LogP contribution in [0.5, 0.6) is 0 Å². The minimum absolute atomic E-state index is 0.259. The Labute approximate surface area is 104 Å². The van der Waals surface area contributed by atoms with Crippen LogP contribution in [0.1, 0.15) is 12.5 Å². The van der Waals surface area contributed by atoms with Crippen LogP contribution in [0.3, 0.4) is 0 Å². The summed E-state index contributed by atoms with van der Waals surface area (Å²) in [6, 6.07) is 5.63. The lowest BCUT2D eigenvalue weighted by Gasteiger charge is -2.10. The molecule has 0 aliphatic heterocycles. The van der Waals surface area contributed by atoms with E-state index in [-0.39, 0.29) is 6.10 Å². The molecule has 1 amide bonds. The molecule has 0 unspecified atom stereocenters. The summed E-state index contributed by atoms with van der Waals surface area (Å²) >= 11 is 5.95. The highest BCUT2D eigenvalue weighted by molar-refractivity contribution is 6.31. The number of amides is 1. The average molecular weight is 253 g/mol. The van der Waals surface area contributed by atoms with Gasteiger partial charge in [0.05, 0.1) is 0 Å². The number of halogens is 1. The molecule has 1 atom stereocenters. The summed E-state index contributed by atoms with van der Waals surface area (Å²) in [6.07, 6.45) is 1.48. The molecule has 0 spiro atoms. The quantitative estimate of drug-likeness (QED) is 0.882. The Balaban J connectivity index is 2.24. The summed E-state index contributed by atoms with van der Waals surface area (Å²) in [7, 11) is 0. The van der Waals surface area contributed by atoms with E-state index in [2.05, 4.69) is 4.98 Å². The summed E-state index contributed by atoms with van der Waals surface area (Å²) in [5.74, 6) is 0. The van der Waals surface area contributed by atoms with Crippen LogP contribution in [0.2, 0.25) is 5.02 Å². The largest absolute Gasteiger partial charge is 0.446 e. The fraction of sp³-hybridized carbons (Fsp3) is 0.250. The van der Waals surface area contributed by atoms with E-state index in [4.69, 9.17) is 22.1 Å². The normalized spacial score (nSPS) is 12.6. The molecule has 0 saturated heterocycles. The van der Waals surface area contributed by atoms with Crippen LogP contribution in [-0.2, 0) is 11.2 Å². The van der Waals surface area contributed by atoms with Crippen LogP contribution in [0.25, 0.3) is 10.9 Å². The van der Waals surface area contributed by atoms with E-state index in [0.29, 0.717) is 11.4 Å². The number of ether oxygens (including phenoxy) is 1. The van der Waals surface area contributed by atoms with Crippen LogP contribution in [0.15, 0.2) is 24.4 Å². The molecule has 1 aromatic heterocycles. The van der Waals surface area contributed by atoms with E-state index < -0.39 is 6.09 Å². The molecular formula is C12H13ClN2O2. The Hall–Kier alpha value is -1.68. The number of fused-ring (bicyclic) bond motifs is 1. The fourth-order valence-corrected chi connectivity index (χ4v) is 2.04. The second kappa shape index (κ2) is 4.67. The van der Waals surface area contributed by atoms with Crippen molar-refractivity contribution in [2.24, 2.45) is 5.73 Å². The molecule has 17 heavy (non-hydrogen) atoms. The van der Waals surface area contributed by atoms with Crippen LogP contribution >= 0.6 is 11.6 Å². The number of nitrogens with two attached hydrogens (primary N) is 1. The van der Waals surface area contributed by atoms with Crippen LogP contribution in [0.4, 0.5) is 4.79 Å². The predicted octanol–water partition coefficient (Wildman–Crippen LogP) is 2.85. The number of aromatic nitrogens is 1. The van der Waals surface area contributed by atoms with Gasteiger partial charge in [-0.25, -0.2) is 4.79 Å². The van der Waals surface area contributed by atoms with E-state index in [9.17, 15) is 4.79 Å². The van der Waals surface area contributed by atoms with Crippen molar-refractivity contribution in [3.63, 3.8) is 0 Å². The number of benzene rings is 1. The number of carbonyl (C=O) groups is 1. The average Bonchev–Trinajstić information content (AvgIpc) is 2.60. The zero-order valence-electron chi connectivity index (χ0n) is 9.37. The Bertz CT molecular complexity index is 550. The third kappa shape index (κ3) is 2.71. The van der Waals surface area contributed by atoms with Crippen molar-refractivity contribution >= 4 is 28.6 Å². The van der Waals surface area contributed by atoms with Crippen molar-refractivity contribution in [2.45, 2.75) is 19.4 Å². The zero-order valence-corrected chi connectivity index (χ0v) is 10.1. The molecule has 0 fully saturated rings. The van der Waals surface area contributed by atoms with Crippen molar-refractivity contribution < 1.29 is 9.53 Å². The van der Waals surface area contributed by atoms with Crippen molar-refractivity contribution in [3.8, 4) is 0 Å². The second-order valence-corrected chi connectivity index (χ2v) is 4.39. The zero-order chi connectivity index (χ0) is 12.4. The van der Waals surface area contributed by atoms with Crippen molar-refractivity contribution in [3.05, 3.63) is 35.0 Å². The third-order valence-corrected chi connectivity index (χ3v) is 2.79. The Morgan fingerprint density at radius 3 is 3.06 bits per heavy atom. The summed E-state index contributed by atoms with van der Waals surface area (Å²) < 4.78 is 4.89. The molecule has 0 bridgehead atoms. The van der Waals surface area contributed by atoms with Gasteiger partial charge in [-0.2, -0.15) is 0 Å². The van der Waals surface area contributed by atoms with E-state index in [1.165, 1.54) is 0 Å². The highest BCUT2D eigenvalue weighted by atomic mass is 35.5. The van der Waals surface area contributed by atoms with Crippen molar-refractivity contribution in [1.82, 2.24) is 4.98 Å². The molecule has 2 rings (SSSR count). The lowest BCUT2D eigenvalue weighted by Crippen LogP contribution is -2.21. The van der Waals surface area contributed by atoms with Crippen LogP contribution < -0.4 is 5.73 Å². The van der Waals surface area contributed by atoms with Gasteiger partial charge in [0.1, 0.15) is 6.10 Å². The number of aromatic amines is 1. The highest BCUT2D eigenvalue weighted by Gasteiger charge is 2.11. The number of primary amides is 1. The summed E-state index contributed by atoms with van der Waals surface area (Å²) in [5, 5.41) is 1.72. The standard InChI is InChI=1S/C12H13ClN2O2/c1-7(17-12(14)16)4-8-6-15-11-3-2-9(13)5-10(8)11/h2-3,5-7,15H,4H2,1H3,(H2,14,16)/t7-/m0/s1. The maximum Gasteiger partial charge on any atom is 0.404 e. The first kappa shape index (κ1) is 11.8. The van der Waals surface area contributed by atoms with Crippen LogP contribution in [-0.4, -0.2) is 17.2 Å². The minimum atomic E-state index is -0.754. The molecule has 4 nitrogen and oxygen atoms in total. The first-order chi connectivity index (χ1) is 8.06. The molecule has 3 N–H and O–H groups in total. The van der Waals surface area contributed by atoms with E-state index >= 15 is 0 Å². The summed E-state index contributed by atoms with van der Waals surface area (Å²) in [4.78, 5) is 13.8. The molecule has 2 aromatic rings. The van der Waals surface area contributed by atoms with Gasteiger partial charge in [-0.05, 0) is 30.7 Å². The minimum Gasteiger partial charge on any atom is -0.446 e. The predicted molar refractivity (Wildman–Crippen MR) is 67.1 cm³/mol. The Morgan fingerprint density at radius 2 is 2.35 bits per heavy atom. The van der Waals surface area contributed by atoms with Gasteiger partial charge in [0.25, 0.3) is 0 Å². The first-order valence-electron chi connectivity index (χ1n) is 5.28. The molecular weight excluding hydrogens is 240 g/mol. The Kier molecular flexibility index (Phi) is 3.24. The molecule has 0 aliphatic carbocycles. The number of H-pyrrole nitrogens is 1. The number of carbonyl (C=O) groups excluding carboxylic acids is 1. The third-order valence-electron chi connectivity index (χ3n) is 2.55. The van der Waals surface area contributed by atoms with Gasteiger partial charge in [-0.1, -0.05) is 11.6 Å². The van der Waals surface area contributed by atoms with Gasteiger partial charge in [-0.15, -0.1) is 0 Å². The number of nitrogens with one attached hydrogen (secondary N) is 1. The van der Waals surface area contributed by atoms with Gasteiger partial charge in [0.2, 0.25) is 0 Å². The monoisotopic (exact) mass is 252 g/mol. The van der Waals surface area contributed by atoms with Crippen molar-refractivity contribution in [2.75, 3.05) is 0 Å². The smallest absolute Gasteiger partial charge is 0.404 e. The summed E-state index contributed by atoms with van der Waals surface area (Å²) in [5.41, 5.74) is 7.03. The molecule has 0 saturated carbocycles. The lowest BCUT2D eigenvalue weighted by atomic mass is 10.1. The maximum atomic E-state index is 10.6. The van der Waals surface area contributed by atoms with E-state index in [0.717, 1.165) is 16.5 Å². The molecule has 1 aromatic carbocycles. The van der Waals surface area contributed by atoms with Crippen LogP contribution in [0, 0.1) is 0 Å². The van der Waals surface area contributed by atoms with E-state index in [1.54, 1.807) is 6.92 Å². The number of hydrogen-bond donors (Lipinski definition) is 2. The topological polar surface area (TPSA) is 68.1 Å². The molecule has 90 valence electrons.